The van der Waals surface area contributed by atoms with Crippen LogP contribution in [0.4, 0.5) is 0 Å². The standard InChI is InChI=1S/C12H22IN3/c1-14-7-4-12(8-14)9-15(10-12)11-2-5-16(13)6-3-11/h11H,2-10H2,1H3. The first-order valence-corrected chi connectivity index (χ1v) is 7.47. The zero-order valence-corrected chi connectivity index (χ0v) is 12.3. The SMILES string of the molecule is CN1CCC2(C1)CN(C1CCN(I)CC1)C2. The average Bonchev–Trinajstić information content (AvgIpc) is 2.60. The van der Waals surface area contributed by atoms with E-state index in [0.29, 0.717) is 5.41 Å². The first kappa shape index (κ1) is 11.7. The van der Waals surface area contributed by atoms with Crippen LogP contribution in [0.3, 0.4) is 0 Å². The summed E-state index contributed by atoms with van der Waals surface area (Å²) in [4.78, 5) is 5.26. The molecule has 0 aromatic heterocycles. The molecule has 0 atom stereocenters. The van der Waals surface area contributed by atoms with Crippen molar-refractivity contribution in [3.8, 4) is 0 Å². The minimum Gasteiger partial charge on any atom is -0.306 e. The van der Waals surface area contributed by atoms with Crippen LogP contribution in [0.25, 0.3) is 0 Å². The summed E-state index contributed by atoms with van der Waals surface area (Å²) in [7, 11) is 2.27. The Labute approximate surface area is 113 Å². The van der Waals surface area contributed by atoms with Crippen LogP contribution in [0.2, 0.25) is 0 Å². The molecule has 3 saturated heterocycles. The van der Waals surface area contributed by atoms with Crippen molar-refractivity contribution < 1.29 is 0 Å². The van der Waals surface area contributed by atoms with E-state index in [1.165, 1.54) is 58.5 Å². The van der Waals surface area contributed by atoms with Crippen LogP contribution in [0.1, 0.15) is 19.3 Å². The average molecular weight is 335 g/mol. The fourth-order valence-corrected chi connectivity index (χ4v) is 4.25. The number of halogens is 1. The fraction of sp³-hybridized carbons (Fsp3) is 1.00. The maximum Gasteiger partial charge on any atom is 0.0201 e. The van der Waals surface area contributed by atoms with Gasteiger partial charge in [-0.1, -0.05) is 0 Å². The summed E-state index contributed by atoms with van der Waals surface area (Å²) in [5, 5.41) is 0. The quantitative estimate of drug-likeness (QED) is 0.530. The van der Waals surface area contributed by atoms with Gasteiger partial charge >= 0.3 is 0 Å². The lowest BCUT2D eigenvalue weighted by Gasteiger charge is -2.53. The van der Waals surface area contributed by atoms with E-state index in [-0.39, 0.29) is 0 Å². The van der Waals surface area contributed by atoms with Gasteiger partial charge in [-0.15, -0.1) is 0 Å². The lowest BCUT2D eigenvalue weighted by molar-refractivity contribution is -0.0344. The molecule has 0 aromatic carbocycles. The molecule has 0 amide bonds. The molecule has 3 heterocycles. The highest BCUT2D eigenvalue weighted by atomic mass is 127. The van der Waals surface area contributed by atoms with Crippen LogP contribution < -0.4 is 0 Å². The minimum absolute atomic E-state index is 0.691. The van der Waals surface area contributed by atoms with E-state index in [1.807, 2.05) is 0 Å². The van der Waals surface area contributed by atoms with Gasteiger partial charge in [0.05, 0.1) is 0 Å². The zero-order chi connectivity index (χ0) is 11.2. The summed E-state index contributed by atoms with van der Waals surface area (Å²) < 4.78 is 2.44. The second kappa shape index (κ2) is 4.37. The molecule has 3 fully saturated rings. The van der Waals surface area contributed by atoms with Crippen LogP contribution in [-0.2, 0) is 0 Å². The maximum absolute atomic E-state index is 2.75. The first-order valence-electron chi connectivity index (χ1n) is 6.50. The van der Waals surface area contributed by atoms with Crippen molar-refractivity contribution >= 4 is 22.9 Å². The molecule has 3 nitrogen and oxygen atoms in total. The third kappa shape index (κ3) is 2.13. The van der Waals surface area contributed by atoms with Gasteiger partial charge in [-0.3, -0.25) is 4.90 Å². The number of hydrogen-bond acceptors (Lipinski definition) is 3. The Morgan fingerprint density at radius 2 is 1.75 bits per heavy atom. The zero-order valence-electron chi connectivity index (χ0n) is 10.2. The van der Waals surface area contributed by atoms with Gasteiger partial charge in [0.15, 0.2) is 0 Å². The highest BCUT2D eigenvalue weighted by Crippen LogP contribution is 2.41. The van der Waals surface area contributed by atoms with Crippen molar-refractivity contribution in [2.45, 2.75) is 25.3 Å². The third-order valence-corrected chi connectivity index (χ3v) is 5.60. The van der Waals surface area contributed by atoms with E-state index in [1.54, 1.807) is 0 Å². The summed E-state index contributed by atoms with van der Waals surface area (Å²) >= 11 is 2.46. The van der Waals surface area contributed by atoms with Crippen molar-refractivity contribution in [1.82, 2.24) is 12.9 Å². The predicted molar refractivity (Wildman–Crippen MR) is 74.7 cm³/mol. The topological polar surface area (TPSA) is 9.72 Å². The van der Waals surface area contributed by atoms with E-state index in [9.17, 15) is 0 Å². The Morgan fingerprint density at radius 3 is 2.31 bits per heavy atom. The normalized spacial score (nSPS) is 33.4. The fourth-order valence-electron chi connectivity index (χ4n) is 3.69. The van der Waals surface area contributed by atoms with Gasteiger partial charge in [0, 0.05) is 67.0 Å². The largest absolute Gasteiger partial charge is 0.306 e. The van der Waals surface area contributed by atoms with Gasteiger partial charge in [0.2, 0.25) is 0 Å². The molecule has 1 spiro atoms. The molecule has 0 bridgehead atoms. The number of likely N-dealkylation sites (tertiary alicyclic amines) is 2. The van der Waals surface area contributed by atoms with Gasteiger partial charge in [0.25, 0.3) is 0 Å². The van der Waals surface area contributed by atoms with Crippen LogP contribution >= 0.6 is 22.9 Å². The molecule has 16 heavy (non-hydrogen) atoms. The van der Waals surface area contributed by atoms with Crippen molar-refractivity contribution in [2.75, 3.05) is 46.3 Å². The second-order valence-electron chi connectivity index (χ2n) is 6.03. The summed E-state index contributed by atoms with van der Waals surface area (Å²) in [6.07, 6.45) is 4.20. The summed E-state index contributed by atoms with van der Waals surface area (Å²) in [5.74, 6) is 0. The molecule has 3 aliphatic rings. The summed E-state index contributed by atoms with van der Waals surface area (Å²) in [5.41, 5.74) is 0.691. The van der Waals surface area contributed by atoms with Crippen molar-refractivity contribution in [3.05, 3.63) is 0 Å². The van der Waals surface area contributed by atoms with Gasteiger partial charge in [-0.2, -0.15) is 0 Å². The molecule has 0 aromatic rings. The van der Waals surface area contributed by atoms with Crippen LogP contribution in [-0.4, -0.2) is 65.3 Å². The highest BCUT2D eigenvalue weighted by molar-refractivity contribution is 14.1. The molecule has 0 radical (unpaired) electrons. The van der Waals surface area contributed by atoms with Crippen molar-refractivity contribution in [2.24, 2.45) is 5.41 Å². The summed E-state index contributed by atoms with van der Waals surface area (Å²) in [6.45, 7) is 7.99. The Hall–Kier alpha value is 0.610. The molecule has 0 saturated carbocycles. The Kier molecular flexibility index (Phi) is 3.19. The minimum atomic E-state index is 0.691. The lowest BCUT2D eigenvalue weighted by Crippen LogP contribution is -2.61. The smallest absolute Gasteiger partial charge is 0.0201 e. The molecule has 0 aliphatic carbocycles. The van der Waals surface area contributed by atoms with Gasteiger partial charge < -0.3 is 4.90 Å². The third-order valence-electron chi connectivity index (χ3n) is 4.63. The van der Waals surface area contributed by atoms with Crippen molar-refractivity contribution in [3.63, 3.8) is 0 Å². The molecule has 92 valence electrons. The molecule has 3 rings (SSSR count). The molecule has 3 aliphatic heterocycles. The highest BCUT2D eigenvalue weighted by Gasteiger charge is 2.48. The second-order valence-corrected chi connectivity index (χ2v) is 7.40. The van der Waals surface area contributed by atoms with E-state index in [2.05, 4.69) is 42.8 Å². The molecule has 0 unspecified atom stereocenters. The van der Waals surface area contributed by atoms with Gasteiger partial charge in [-0.25, -0.2) is 3.11 Å². The van der Waals surface area contributed by atoms with Crippen LogP contribution in [0.15, 0.2) is 0 Å². The summed E-state index contributed by atoms with van der Waals surface area (Å²) in [6, 6.07) is 0.891. The number of hydrogen-bond donors (Lipinski definition) is 0. The van der Waals surface area contributed by atoms with Gasteiger partial charge in [-0.05, 0) is 32.9 Å². The number of rotatable bonds is 1. The number of nitrogens with zero attached hydrogens (tertiary/aromatic N) is 3. The molecule has 0 N–H and O–H groups in total. The molecule has 4 heteroatoms. The lowest BCUT2D eigenvalue weighted by atomic mass is 9.77. The van der Waals surface area contributed by atoms with Crippen LogP contribution in [0.5, 0.6) is 0 Å². The van der Waals surface area contributed by atoms with E-state index in [0.717, 1.165) is 6.04 Å². The Bertz CT molecular complexity index is 257. The number of piperidine rings is 1. The van der Waals surface area contributed by atoms with E-state index < -0.39 is 0 Å². The van der Waals surface area contributed by atoms with Gasteiger partial charge in [0.1, 0.15) is 0 Å². The Balaban J connectivity index is 1.50. The monoisotopic (exact) mass is 335 g/mol. The van der Waals surface area contributed by atoms with Crippen molar-refractivity contribution in [1.29, 1.82) is 0 Å². The molecular formula is C12H22IN3. The molecular weight excluding hydrogens is 313 g/mol. The van der Waals surface area contributed by atoms with Crippen LogP contribution in [0, 0.1) is 5.41 Å². The van der Waals surface area contributed by atoms with E-state index >= 15 is 0 Å². The maximum atomic E-state index is 2.75. The Morgan fingerprint density at radius 1 is 1.06 bits per heavy atom. The first-order chi connectivity index (χ1) is 7.67. The predicted octanol–water partition coefficient (Wildman–Crippen LogP) is 1.44. The van der Waals surface area contributed by atoms with E-state index in [4.69, 9.17) is 0 Å².